The number of aromatic nitrogens is 1. The molecular weight excluding hydrogens is 397 g/mol. The summed E-state index contributed by atoms with van der Waals surface area (Å²) in [6.07, 6.45) is 1.79. The Morgan fingerprint density at radius 2 is 1.95 bits per heavy atom. The number of rotatable bonds is 3. The summed E-state index contributed by atoms with van der Waals surface area (Å²) in [5, 5.41) is 1.78. The lowest BCUT2D eigenvalue weighted by molar-refractivity contribution is 0.638. The first-order valence-electron chi connectivity index (χ1n) is 6.45. The monoisotopic (exact) mass is 409 g/mol. The van der Waals surface area contributed by atoms with Crippen molar-refractivity contribution in [2.75, 3.05) is 0 Å². The Balaban J connectivity index is 2.21. The second kappa shape index (κ2) is 6.27. The van der Waals surface area contributed by atoms with Crippen molar-refractivity contribution in [1.82, 2.24) is 10.4 Å². The molecule has 0 amide bonds. The van der Waals surface area contributed by atoms with Crippen LogP contribution in [0, 0.1) is 3.57 Å². The highest BCUT2D eigenvalue weighted by Gasteiger charge is 2.18. The summed E-state index contributed by atoms with van der Waals surface area (Å²) < 4.78 is 1.11. The van der Waals surface area contributed by atoms with E-state index in [1.807, 2.05) is 36.4 Å². The van der Waals surface area contributed by atoms with Crippen molar-refractivity contribution in [3.63, 3.8) is 0 Å². The molecule has 1 aromatic heterocycles. The summed E-state index contributed by atoms with van der Waals surface area (Å²) in [7, 11) is 0. The zero-order chi connectivity index (χ0) is 14.8. The number of nitrogens with two attached hydrogens (primary N) is 1. The Kier molecular flexibility index (Phi) is 4.40. The van der Waals surface area contributed by atoms with Crippen molar-refractivity contribution in [2.24, 2.45) is 5.84 Å². The Bertz CT molecular complexity index is 786. The van der Waals surface area contributed by atoms with Crippen molar-refractivity contribution < 1.29 is 0 Å². The molecule has 0 bridgehead atoms. The summed E-state index contributed by atoms with van der Waals surface area (Å²) in [4.78, 5) is 4.40. The number of fused-ring (bicyclic) bond motifs is 1. The molecule has 3 aromatic rings. The average molecular weight is 410 g/mol. The van der Waals surface area contributed by atoms with Crippen molar-refractivity contribution in [3.05, 3.63) is 74.4 Å². The molecular formula is C16H13ClIN3. The first-order chi connectivity index (χ1) is 10.2. The van der Waals surface area contributed by atoms with Crippen LogP contribution in [0.3, 0.4) is 0 Å². The van der Waals surface area contributed by atoms with Crippen LogP contribution >= 0.6 is 34.2 Å². The van der Waals surface area contributed by atoms with E-state index >= 15 is 0 Å². The molecule has 5 heteroatoms. The minimum absolute atomic E-state index is 0.136. The van der Waals surface area contributed by atoms with E-state index in [1.165, 1.54) is 0 Å². The van der Waals surface area contributed by atoms with Gasteiger partial charge in [-0.25, -0.2) is 5.43 Å². The number of hydrazine groups is 1. The molecule has 0 spiro atoms. The van der Waals surface area contributed by atoms with Gasteiger partial charge in [-0.15, -0.1) is 0 Å². The van der Waals surface area contributed by atoms with Crippen LogP contribution in [0.2, 0.25) is 5.02 Å². The highest BCUT2D eigenvalue weighted by molar-refractivity contribution is 14.1. The van der Waals surface area contributed by atoms with Gasteiger partial charge in [0, 0.05) is 20.2 Å². The smallest absolute Gasteiger partial charge is 0.0727 e. The number of hydrogen-bond donors (Lipinski definition) is 2. The maximum absolute atomic E-state index is 6.14. The van der Waals surface area contributed by atoms with Crippen LogP contribution in [0.15, 0.2) is 54.7 Å². The Morgan fingerprint density at radius 1 is 1.10 bits per heavy atom. The van der Waals surface area contributed by atoms with Gasteiger partial charge in [0.05, 0.1) is 11.6 Å². The van der Waals surface area contributed by atoms with Crippen molar-refractivity contribution in [1.29, 1.82) is 0 Å². The molecule has 3 N–H and O–H groups in total. The fraction of sp³-hybridized carbons (Fsp3) is 0.0625. The van der Waals surface area contributed by atoms with Crippen LogP contribution in [0.5, 0.6) is 0 Å². The molecule has 1 heterocycles. The van der Waals surface area contributed by atoms with E-state index in [0.29, 0.717) is 5.02 Å². The largest absolute Gasteiger partial charge is 0.271 e. The molecule has 2 aromatic carbocycles. The minimum Gasteiger partial charge on any atom is -0.271 e. The molecule has 3 rings (SSSR count). The van der Waals surface area contributed by atoms with Gasteiger partial charge in [-0.2, -0.15) is 0 Å². The third kappa shape index (κ3) is 2.89. The Hall–Kier alpha value is -1.21. The van der Waals surface area contributed by atoms with Gasteiger partial charge in [-0.1, -0.05) is 29.8 Å². The molecule has 0 aliphatic carbocycles. The van der Waals surface area contributed by atoms with Crippen LogP contribution in [-0.2, 0) is 0 Å². The summed E-state index contributed by atoms with van der Waals surface area (Å²) >= 11 is 8.44. The maximum Gasteiger partial charge on any atom is 0.0727 e. The second-order valence-electron chi connectivity index (χ2n) is 4.68. The van der Waals surface area contributed by atoms with Crippen molar-refractivity contribution >= 4 is 45.1 Å². The quantitative estimate of drug-likeness (QED) is 0.390. The van der Waals surface area contributed by atoms with Gasteiger partial charge in [0.1, 0.15) is 0 Å². The molecule has 21 heavy (non-hydrogen) atoms. The molecule has 0 saturated carbocycles. The molecule has 0 aliphatic rings. The van der Waals surface area contributed by atoms with Gasteiger partial charge < -0.3 is 0 Å². The summed E-state index contributed by atoms with van der Waals surface area (Å²) in [5.74, 6) is 5.83. The number of benzene rings is 2. The van der Waals surface area contributed by atoms with Crippen LogP contribution in [0.25, 0.3) is 10.9 Å². The predicted octanol–water partition coefficient (Wildman–Crippen LogP) is 4.05. The molecule has 106 valence electrons. The molecule has 1 unspecified atom stereocenters. The number of halogens is 2. The highest BCUT2D eigenvalue weighted by atomic mass is 127. The Morgan fingerprint density at radius 3 is 2.76 bits per heavy atom. The van der Waals surface area contributed by atoms with Crippen LogP contribution in [0.1, 0.15) is 17.2 Å². The first-order valence-corrected chi connectivity index (χ1v) is 7.91. The zero-order valence-corrected chi connectivity index (χ0v) is 14.0. The van der Waals surface area contributed by atoms with E-state index in [9.17, 15) is 0 Å². The van der Waals surface area contributed by atoms with Gasteiger partial charge >= 0.3 is 0 Å². The standard InChI is InChI=1S/C16H13ClIN3/c17-10-6-7-14(18)13(9-10)16(21-19)12-3-1-5-15-11(12)4-2-8-20-15/h1-9,16,21H,19H2. The SMILES string of the molecule is NNC(c1cc(Cl)ccc1I)c1cccc2ncccc12. The summed E-state index contributed by atoms with van der Waals surface area (Å²) in [6.45, 7) is 0. The van der Waals surface area contributed by atoms with Gasteiger partial charge in [0.15, 0.2) is 0 Å². The van der Waals surface area contributed by atoms with Crippen LogP contribution in [-0.4, -0.2) is 4.98 Å². The number of nitrogens with one attached hydrogen (secondary N) is 1. The minimum atomic E-state index is -0.136. The molecule has 0 radical (unpaired) electrons. The normalized spacial score (nSPS) is 12.5. The van der Waals surface area contributed by atoms with E-state index in [1.54, 1.807) is 6.20 Å². The lowest BCUT2D eigenvalue weighted by Gasteiger charge is -2.20. The first kappa shape index (κ1) is 14.7. The number of hydrogen-bond acceptors (Lipinski definition) is 3. The van der Waals surface area contributed by atoms with Gasteiger partial charge in [0.2, 0.25) is 0 Å². The fourth-order valence-corrected chi connectivity index (χ4v) is 3.29. The van der Waals surface area contributed by atoms with Gasteiger partial charge in [0.25, 0.3) is 0 Å². The zero-order valence-electron chi connectivity index (χ0n) is 11.1. The van der Waals surface area contributed by atoms with E-state index in [4.69, 9.17) is 17.4 Å². The lowest BCUT2D eigenvalue weighted by Crippen LogP contribution is -2.29. The summed E-state index contributed by atoms with van der Waals surface area (Å²) in [6, 6.07) is 15.7. The van der Waals surface area contributed by atoms with E-state index in [2.05, 4.69) is 45.1 Å². The average Bonchev–Trinajstić information content (AvgIpc) is 2.51. The fourth-order valence-electron chi connectivity index (χ4n) is 2.46. The maximum atomic E-state index is 6.14. The Labute approximate surface area is 141 Å². The van der Waals surface area contributed by atoms with E-state index in [0.717, 1.165) is 25.6 Å². The molecule has 0 fully saturated rings. The van der Waals surface area contributed by atoms with Gasteiger partial charge in [-0.3, -0.25) is 10.8 Å². The number of pyridine rings is 1. The van der Waals surface area contributed by atoms with Crippen molar-refractivity contribution in [3.8, 4) is 0 Å². The van der Waals surface area contributed by atoms with Crippen molar-refractivity contribution in [2.45, 2.75) is 6.04 Å². The van der Waals surface area contributed by atoms with E-state index in [-0.39, 0.29) is 6.04 Å². The van der Waals surface area contributed by atoms with E-state index < -0.39 is 0 Å². The molecule has 0 saturated heterocycles. The number of nitrogens with zero attached hydrogens (tertiary/aromatic N) is 1. The second-order valence-corrected chi connectivity index (χ2v) is 6.28. The predicted molar refractivity (Wildman–Crippen MR) is 95.1 cm³/mol. The topological polar surface area (TPSA) is 50.9 Å². The van der Waals surface area contributed by atoms with Crippen LogP contribution < -0.4 is 11.3 Å². The summed E-state index contributed by atoms with van der Waals surface area (Å²) in [5.41, 5.74) is 6.00. The highest BCUT2D eigenvalue weighted by Crippen LogP contribution is 2.31. The lowest BCUT2D eigenvalue weighted by atomic mass is 9.96. The third-order valence-electron chi connectivity index (χ3n) is 3.43. The molecule has 0 aliphatic heterocycles. The third-order valence-corrected chi connectivity index (χ3v) is 4.64. The molecule has 1 atom stereocenters. The molecule has 3 nitrogen and oxygen atoms in total. The van der Waals surface area contributed by atoms with Crippen LogP contribution in [0.4, 0.5) is 0 Å². The van der Waals surface area contributed by atoms with Gasteiger partial charge in [-0.05, 0) is 64.0 Å².